The summed E-state index contributed by atoms with van der Waals surface area (Å²) < 4.78 is 13.3. The molecule has 30 heavy (non-hydrogen) atoms. The van der Waals surface area contributed by atoms with E-state index in [1.165, 1.54) is 0 Å². The minimum Gasteiger partial charge on any atom is -0.491 e. The van der Waals surface area contributed by atoms with Crippen molar-refractivity contribution in [2.45, 2.75) is 11.7 Å². The highest BCUT2D eigenvalue weighted by Crippen LogP contribution is 2.29. The lowest BCUT2D eigenvalue weighted by molar-refractivity contribution is 0.344. The van der Waals surface area contributed by atoms with E-state index in [1.54, 1.807) is 36.2 Å². The zero-order valence-corrected chi connectivity index (χ0v) is 18.7. The molecule has 0 bridgehead atoms. The quantitative estimate of drug-likeness (QED) is 0.207. The Kier molecular flexibility index (Phi) is 6.89. The van der Waals surface area contributed by atoms with Crippen LogP contribution in [0.2, 0.25) is 15.1 Å². The van der Waals surface area contributed by atoms with Gasteiger partial charge in [0.1, 0.15) is 11.5 Å². The van der Waals surface area contributed by atoms with E-state index in [9.17, 15) is 0 Å². The third kappa shape index (κ3) is 5.13. The first-order valence-electron chi connectivity index (χ1n) is 9.02. The van der Waals surface area contributed by atoms with Crippen molar-refractivity contribution in [1.82, 2.24) is 14.8 Å². The largest absolute Gasteiger partial charge is 0.491 e. The van der Waals surface area contributed by atoms with Gasteiger partial charge in [0, 0.05) is 21.4 Å². The predicted octanol–water partition coefficient (Wildman–Crippen LogP) is 6.72. The lowest BCUT2D eigenvalue weighted by atomic mass is 10.2. The fraction of sp³-hybridized carbons (Fsp3) is 0.143. The number of benzene rings is 2. The minimum absolute atomic E-state index is 0.454. The molecular weight excluding hydrogens is 465 g/mol. The van der Waals surface area contributed by atoms with Crippen molar-refractivity contribution < 1.29 is 9.15 Å². The van der Waals surface area contributed by atoms with Crippen LogP contribution in [0.5, 0.6) is 5.75 Å². The average molecular weight is 481 g/mol. The van der Waals surface area contributed by atoms with E-state index >= 15 is 0 Å². The molecule has 0 unspecified atom stereocenters. The van der Waals surface area contributed by atoms with E-state index in [2.05, 4.69) is 10.2 Å². The van der Waals surface area contributed by atoms with Crippen molar-refractivity contribution in [3.8, 4) is 17.1 Å². The van der Waals surface area contributed by atoms with E-state index in [4.69, 9.17) is 44.0 Å². The molecule has 0 fully saturated rings. The summed E-state index contributed by atoms with van der Waals surface area (Å²) in [6.45, 7) is 0.972. The maximum absolute atomic E-state index is 6.15. The predicted molar refractivity (Wildman–Crippen MR) is 121 cm³/mol. The first-order chi connectivity index (χ1) is 14.6. The molecule has 2 aromatic carbocycles. The van der Waals surface area contributed by atoms with E-state index in [0.29, 0.717) is 39.7 Å². The molecule has 0 saturated carbocycles. The summed E-state index contributed by atoms with van der Waals surface area (Å²) >= 11 is 19.6. The molecule has 154 valence electrons. The van der Waals surface area contributed by atoms with Crippen LogP contribution >= 0.6 is 46.6 Å². The van der Waals surface area contributed by atoms with Crippen LogP contribution in [0.25, 0.3) is 11.4 Å². The van der Waals surface area contributed by atoms with Crippen molar-refractivity contribution in [2.24, 2.45) is 0 Å². The van der Waals surface area contributed by atoms with Crippen LogP contribution in [0.4, 0.5) is 0 Å². The van der Waals surface area contributed by atoms with Gasteiger partial charge in [-0.1, -0.05) is 46.6 Å². The summed E-state index contributed by atoms with van der Waals surface area (Å²) in [5, 5.41) is 11.3. The molecule has 0 aliphatic carbocycles. The Morgan fingerprint density at radius 1 is 0.967 bits per heavy atom. The molecular formula is C21H16Cl3N3O2S. The molecule has 0 N–H and O–H groups in total. The zero-order valence-electron chi connectivity index (χ0n) is 15.6. The number of thioether (sulfide) groups is 1. The molecule has 0 radical (unpaired) electrons. The number of nitrogens with zero attached hydrogens (tertiary/aromatic N) is 3. The molecule has 0 saturated heterocycles. The Balaban J connectivity index is 1.48. The highest BCUT2D eigenvalue weighted by molar-refractivity contribution is 7.99. The van der Waals surface area contributed by atoms with Crippen LogP contribution < -0.4 is 4.74 Å². The van der Waals surface area contributed by atoms with Gasteiger partial charge in [-0.3, -0.25) is 4.57 Å². The first-order valence-corrected chi connectivity index (χ1v) is 11.1. The second-order valence-electron chi connectivity index (χ2n) is 6.25. The topological polar surface area (TPSA) is 53.1 Å². The Labute approximate surface area is 192 Å². The summed E-state index contributed by atoms with van der Waals surface area (Å²) in [6.07, 6.45) is 1.65. The Morgan fingerprint density at radius 2 is 1.77 bits per heavy atom. The molecule has 5 nitrogen and oxygen atoms in total. The summed E-state index contributed by atoms with van der Waals surface area (Å²) in [4.78, 5) is 0. The van der Waals surface area contributed by atoms with Crippen molar-refractivity contribution in [1.29, 1.82) is 0 Å². The molecule has 4 rings (SSSR count). The second kappa shape index (κ2) is 9.79. The molecule has 0 aliphatic heterocycles. The normalized spacial score (nSPS) is 11.0. The maximum Gasteiger partial charge on any atom is 0.192 e. The maximum atomic E-state index is 6.15. The number of hydrogen-bond acceptors (Lipinski definition) is 5. The Morgan fingerprint density at radius 3 is 2.50 bits per heavy atom. The summed E-state index contributed by atoms with van der Waals surface area (Å²) in [5.74, 6) is 2.82. The van der Waals surface area contributed by atoms with Gasteiger partial charge < -0.3 is 9.15 Å². The molecule has 2 heterocycles. The standard InChI is InChI=1S/C21H16Cl3N3O2S/c22-15-5-3-14(4-6-15)20-25-26-21(27(20)13-17-2-1-9-28-17)30-11-10-29-19-8-7-16(23)12-18(19)24/h1-9,12H,10-11,13H2. The van der Waals surface area contributed by atoms with E-state index in [0.717, 1.165) is 22.3 Å². The Bertz CT molecular complexity index is 1120. The monoisotopic (exact) mass is 479 g/mol. The van der Waals surface area contributed by atoms with Crippen LogP contribution in [-0.4, -0.2) is 27.1 Å². The van der Waals surface area contributed by atoms with Gasteiger partial charge in [-0.05, 0) is 54.6 Å². The highest BCUT2D eigenvalue weighted by Gasteiger charge is 2.16. The fourth-order valence-electron chi connectivity index (χ4n) is 2.79. The van der Waals surface area contributed by atoms with Gasteiger partial charge in [0.05, 0.1) is 24.4 Å². The highest BCUT2D eigenvalue weighted by atomic mass is 35.5. The summed E-state index contributed by atoms with van der Waals surface area (Å²) in [7, 11) is 0. The minimum atomic E-state index is 0.454. The summed E-state index contributed by atoms with van der Waals surface area (Å²) in [6, 6.07) is 16.4. The number of aromatic nitrogens is 3. The van der Waals surface area contributed by atoms with E-state index in [-0.39, 0.29) is 0 Å². The third-order valence-electron chi connectivity index (χ3n) is 4.18. The van der Waals surface area contributed by atoms with Crippen LogP contribution in [0.1, 0.15) is 5.76 Å². The zero-order chi connectivity index (χ0) is 20.9. The van der Waals surface area contributed by atoms with Crippen molar-refractivity contribution in [2.75, 3.05) is 12.4 Å². The van der Waals surface area contributed by atoms with Gasteiger partial charge in [-0.15, -0.1) is 10.2 Å². The first kappa shape index (κ1) is 21.1. The van der Waals surface area contributed by atoms with E-state index < -0.39 is 0 Å². The van der Waals surface area contributed by atoms with Crippen molar-refractivity contribution in [3.63, 3.8) is 0 Å². The lowest BCUT2D eigenvalue weighted by Gasteiger charge is -2.10. The van der Waals surface area contributed by atoms with Gasteiger partial charge in [-0.2, -0.15) is 0 Å². The molecule has 4 aromatic rings. The van der Waals surface area contributed by atoms with Crippen LogP contribution in [0.15, 0.2) is 70.4 Å². The number of ether oxygens (including phenoxy) is 1. The van der Waals surface area contributed by atoms with Crippen molar-refractivity contribution in [3.05, 3.63) is 81.7 Å². The smallest absolute Gasteiger partial charge is 0.192 e. The van der Waals surface area contributed by atoms with Crippen LogP contribution in [-0.2, 0) is 6.54 Å². The average Bonchev–Trinajstić information content (AvgIpc) is 3.38. The fourth-order valence-corrected chi connectivity index (χ4v) is 4.13. The van der Waals surface area contributed by atoms with Gasteiger partial charge in [-0.25, -0.2) is 0 Å². The van der Waals surface area contributed by atoms with Gasteiger partial charge in [0.2, 0.25) is 0 Å². The number of furan rings is 1. The number of hydrogen-bond donors (Lipinski definition) is 0. The third-order valence-corrected chi connectivity index (χ3v) is 5.89. The van der Waals surface area contributed by atoms with Crippen LogP contribution in [0, 0.1) is 0 Å². The second-order valence-corrected chi connectivity index (χ2v) is 8.59. The SMILES string of the molecule is Clc1ccc(-c2nnc(SCCOc3ccc(Cl)cc3Cl)n2Cc2ccco2)cc1. The molecule has 0 atom stereocenters. The molecule has 0 spiro atoms. The van der Waals surface area contributed by atoms with Gasteiger partial charge >= 0.3 is 0 Å². The molecule has 0 aliphatic rings. The molecule has 2 aromatic heterocycles. The van der Waals surface area contributed by atoms with Crippen LogP contribution in [0.3, 0.4) is 0 Å². The lowest BCUT2D eigenvalue weighted by Crippen LogP contribution is -2.06. The van der Waals surface area contributed by atoms with Crippen molar-refractivity contribution >= 4 is 46.6 Å². The molecule has 0 amide bonds. The summed E-state index contributed by atoms with van der Waals surface area (Å²) in [5.41, 5.74) is 0.925. The van der Waals surface area contributed by atoms with E-state index in [1.807, 2.05) is 41.0 Å². The van der Waals surface area contributed by atoms with Gasteiger partial charge in [0.25, 0.3) is 0 Å². The number of rotatable bonds is 8. The molecule has 9 heteroatoms. The van der Waals surface area contributed by atoms with Gasteiger partial charge in [0.15, 0.2) is 11.0 Å². The number of halogens is 3. The Hall–Kier alpha value is -2.12.